The van der Waals surface area contributed by atoms with Crippen molar-refractivity contribution in [3.05, 3.63) is 54.7 Å². The minimum absolute atomic E-state index is 0.0887. The van der Waals surface area contributed by atoms with E-state index in [1.54, 1.807) is 18.3 Å². The van der Waals surface area contributed by atoms with Crippen molar-refractivity contribution in [2.45, 2.75) is 12.5 Å². The molecule has 3 heteroatoms. The normalized spacial score (nSPS) is 12.3. The monoisotopic (exact) mass is 226 g/mol. The predicted octanol–water partition coefficient (Wildman–Crippen LogP) is 2.32. The van der Waals surface area contributed by atoms with Crippen molar-refractivity contribution in [3.63, 3.8) is 0 Å². The molecule has 2 aromatic rings. The second kappa shape index (κ2) is 4.89. The molecule has 0 aliphatic heterocycles. The van der Waals surface area contributed by atoms with E-state index in [1.165, 1.54) is 0 Å². The van der Waals surface area contributed by atoms with Crippen LogP contribution in [-0.2, 0) is 0 Å². The number of pyridine rings is 1. The lowest BCUT2D eigenvalue weighted by Gasteiger charge is -2.09. The Morgan fingerprint density at radius 2 is 2.18 bits per heavy atom. The molecular weight excluding hydrogens is 212 g/mol. The van der Waals surface area contributed by atoms with Crippen LogP contribution in [0.25, 0.3) is 10.9 Å². The zero-order valence-corrected chi connectivity index (χ0v) is 9.47. The molecule has 1 atom stereocenters. The van der Waals surface area contributed by atoms with Gasteiger partial charge in [0.15, 0.2) is 5.78 Å². The highest BCUT2D eigenvalue weighted by molar-refractivity contribution is 6.09. The Kier molecular flexibility index (Phi) is 3.30. The van der Waals surface area contributed by atoms with E-state index in [9.17, 15) is 4.79 Å². The number of Topliss-reactive ketones (excluding diaryl/α,β-unsaturated/α-hetero) is 1. The van der Waals surface area contributed by atoms with Crippen LogP contribution in [0.15, 0.2) is 49.2 Å². The van der Waals surface area contributed by atoms with Gasteiger partial charge in [0.2, 0.25) is 0 Å². The quantitative estimate of drug-likeness (QED) is 0.643. The lowest BCUT2D eigenvalue weighted by molar-refractivity contribution is 0.0963. The van der Waals surface area contributed by atoms with Gasteiger partial charge < -0.3 is 5.73 Å². The third-order valence-corrected chi connectivity index (χ3v) is 2.66. The Bertz CT molecular complexity index is 558. The zero-order valence-electron chi connectivity index (χ0n) is 9.47. The summed E-state index contributed by atoms with van der Waals surface area (Å²) >= 11 is 0. The molecule has 0 aliphatic rings. The molecule has 2 N–H and O–H groups in total. The van der Waals surface area contributed by atoms with Gasteiger partial charge in [-0.05, 0) is 18.6 Å². The van der Waals surface area contributed by atoms with Crippen molar-refractivity contribution in [2.24, 2.45) is 5.73 Å². The topological polar surface area (TPSA) is 56.0 Å². The summed E-state index contributed by atoms with van der Waals surface area (Å²) in [5.41, 5.74) is 7.09. The van der Waals surface area contributed by atoms with E-state index in [-0.39, 0.29) is 5.78 Å². The maximum Gasteiger partial charge on any atom is 0.182 e. The third kappa shape index (κ3) is 2.24. The molecule has 17 heavy (non-hydrogen) atoms. The molecule has 1 heterocycles. The van der Waals surface area contributed by atoms with E-state index in [0.29, 0.717) is 17.5 Å². The number of nitrogens with zero attached hydrogens (tertiary/aromatic N) is 1. The number of fused-ring (bicyclic) bond motifs is 1. The fourth-order valence-electron chi connectivity index (χ4n) is 1.79. The van der Waals surface area contributed by atoms with Crippen LogP contribution in [0.2, 0.25) is 0 Å². The second-order valence-corrected chi connectivity index (χ2v) is 3.88. The molecule has 0 amide bonds. The number of nitrogens with two attached hydrogens (primary N) is 1. The minimum Gasteiger partial charge on any atom is -0.321 e. The van der Waals surface area contributed by atoms with Gasteiger partial charge in [-0.2, -0.15) is 0 Å². The van der Waals surface area contributed by atoms with Crippen LogP contribution in [-0.4, -0.2) is 16.8 Å². The summed E-state index contributed by atoms with van der Waals surface area (Å²) in [5.74, 6) is -0.0887. The SMILES string of the molecule is C=CCC(N)C(=O)c1cccc2cccnc12. The molecule has 1 aromatic heterocycles. The number of carbonyl (C=O) groups excluding carboxylic acids is 1. The maximum atomic E-state index is 12.1. The number of hydrogen-bond donors (Lipinski definition) is 1. The summed E-state index contributed by atoms with van der Waals surface area (Å²) in [6.45, 7) is 3.59. The molecule has 0 spiro atoms. The molecule has 0 bridgehead atoms. The van der Waals surface area contributed by atoms with Gasteiger partial charge in [-0.1, -0.05) is 24.3 Å². The summed E-state index contributed by atoms with van der Waals surface area (Å²) < 4.78 is 0. The highest BCUT2D eigenvalue weighted by Crippen LogP contribution is 2.17. The first-order chi connectivity index (χ1) is 8.24. The predicted molar refractivity (Wildman–Crippen MR) is 68.9 cm³/mol. The Morgan fingerprint density at radius 3 is 2.94 bits per heavy atom. The van der Waals surface area contributed by atoms with Gasteiger partial charge in [-0.25, -0.2) is 0 Å². The average molecular weight is 226 g/mol. The highest BCUT2D eigenvalue weighted by atomic mass is 16.1. The fraction of sp³-hybridized carbons (Fsp3) is 0.143. The number of benzene rings is 1. The molecule has 1 unspecified atom stereocenters. The fourth-order valence-corrected chi connectivity index (χ4v) is 1.79. The summed E-state index contributed by atoms with van der Waals surface area (Å²) in [6.07, 6.45) is 3.81. The van der Waals surface area contributed by atoms with Crippen molar-refractivity contribution in [1.82, 2.24) is 4.98 Å². The molecule has 0 saturated carbocycles. The van der Waals surface area contributed by atoms with Gasteiger partial charge in [0, 0.05) is 17.1 Å². The first-order valence-electron chi connectivity index (χ1n) is 5.48. The Balaban J connectivity index is 2.48. The van der Waals surface area contributed by atoms with Crippen molar-refractivity contribution in [2.75, 3.05) is 0 Å². The van der Waals surface area contributed by atoms with Crippen LogP contribution in [0.5, 0.6) is 0 Å². The Hall–Kier alpha value is -2.00. The number of rotatable bonds is 4. The van der Waals surface area contributed by atoms with Crippen molar-refractivity contribution >= 4 is 16.7 Å². The third-order valence-electron chi connectivity index (χ3n) is 2.66. The highest BCUT2D eigenvalue weighted by Gasteiger charge is 2.17. The van der Waals surface area contributed by atoms with Gasteiger partial charge in [0.25, 0.3) is 0 Å². The van der Waals surface area contributed by atoms with Gasteiger partial charge in [-0.15, -0.1) is 6.58 Å². The molecule has 0 fully saturated rings. The molecular formula is C14H14N2O. The van der Waals surface area contributed by atoms with Crippen LogP contribution >= 0.6 is 0 Å². The summed E-state index contributed by atoms with van der Waals surface area (Å²) in [6, 6.07) is 8.77. The maximum absolute atomic E-state index is 12.1. The first-order valence-corrected chi connectivity index (χ1v) is 5.48. The lowest BCUT2D eigenvalue weighted by Crippen LogP contribution is -2.30. The van der Waals surface area contributed by atoms with E-state index in [1.807, 2.05) is 24.3 Å². The zero-order chi connectivity index (χ0) is 12.3. The van der Waals surface area contributed by atoms with E-state index < -0.39 is 6.04 Å². The van der Waals surface area contributed by atoms with Crippen LogP contribution in [0, 0.1) is 0 Å². The Labute approximate surface area is 100.0 Å². The smallest absolute Gasteiger partial charge is 0.182 e. The van der Waals surface area contributed by atoms with Crippen molar-refractivity contribution in [1.29, 1.82) is 0 Å². The Morgan fingerprint density at radius 1 is 1.41 bits per heavy atom. The number of para-hydroxylation sites is 1. The molecule has 1 aromatic carbocycles. The molecule has 2 rings (SSSR count). The standard InChI is InChI=1S/C14H14N2O/c1-2-5-12(15)14(17)11-8-3-6-10-7-4-9-16-13(10)11/h2-4,6-9,12H,1,5,15H2. The van der Waals surface area contributed by atoms with Crippen LogP contribution in [0.4, 0.5) is 0 Å². The molecule has 0 saturated heterocycles. The van der Waals surface area contributed by atoms with Crippen molar-refractivity contribution < 1.29 is 4.79 Å². The number of carbonyl (C=O) groups is 1. The summed E-state index contributed by atoms with van der Waals surface area (Å²) in [5, 5.41) is 0.948. The van der Waals surface area contributed by atoms with Crippen molar-refractivity contribution in [3.8, 4) is 0 Å². The lowest BCUT2D eigenvalue weighted by atomic mass is 9.99. The molecule has 0 aliphatic carbocycles. The van der Waals surface area contributed by atoms with Crippen LogP contribution in [0.1, 0.15) is 16.8 Å². The van der Waals surface area contributed by atoms with Gasteiger partial charge in [-0.3, -0.25) is 9.78 Å². The number of hydrogen-bond acceptors (Lipinski definition) is 3. The van der Waals surface area contributed by atoms with E-state index >= 15 is 0 Å². The van der Waals surface area contributed by atoms with Gasteiger partial charge in [0.1, 0.15) is 0 Å². The second-order valence-electron chi connectivity index (χ2n) is 3.88. The van der Waals surface area contributed by atoms with Gasteiger partial charge >= 0.3 is 0 Å². The number of aromatic nitrogens is 1. The van der Waals surface area contributed by atoms with E-state index in [0.717, 1.165) is 5.39 Å². The summed E-state index contributed by atoms with van der Waals surface area (Å²) in [4.78, 5) is 16.4. The van der Waals surface area contributed by atoms with E-state index in [4.69, 9.17) is 5.73 Å². The van der Waals surface area contributed by atoms with E-state index in [2.05, 4.69) is 11.6 Å². The minimum atomic E-state index is -0.542. The summed E-state index contributed by atoms with van der Waals surface area (Å²) in [7, 11) is 0. The number of ketones is 1. The van der Waals surface area contributed by atoms with Gasteiger partial charge in [0.05, 0.1) is 11.6 Å². The molecule has 86 valence electrons. The molecule has 3 nitrogen and oxygen atoms in total. The van der Waals surface area contributed by atoms with Crippen LogP contribution < -0.4 is 5.73 Å². The molecule has 0 radical (unpaired) electrons. The first kappa shape index (κ1) is 11.5. The van der Waals surface area contributed by atoms with Crippen LogP contribution in [0.3, 0.4) is 0 Å². The average Bonchev–Trinajstić information content (AvgIpc) is 2.37. The largest absolute Gasteiger partial charge is 0.321 e.